The molecule has 0 aliphatic carbocycles. The van der Waals surface area contributed by atoms with E-state index in [2.05, 4.69) is 24.1 Å². The van der Waals surface area contributed by atoms with Crippen molar-refractivity contribution in [1.82, 2.24) is 10.3 Å². The fourth-order valence-electron chi connectivity index (χ4n) is 2.08. The number of methoxy groups -OCH3 is 1. The predicted molar refractivity (Wildman–Crippen MR) is 80.9 cm³/mol. The molecule has 1 aromatic heterocycles. The van der Waals surface area contributed by atoms with Crippen molar-refractivity contribution < 1.29 is 9.53 Å². The van der Waals surface area contributed by atoms with E-state index in [1.165, 1.54) is 0 Å². The standard InChI is InChI=1S/C16H22N2O2/c1-16(2,7-9-20-3)11-18-15(19)13-5-4-12-6-8-17-14(12)10-13/h4-6,8,10,17H,7,9,11H2,1-3H3,(H,18,19). The molecule has 0 saturated heterocycles. The Hall–Kier alpha value is -1.81. The summed E-state index contributed by atoms with van der Waals surface area (Å²) >= 11 is 0. The van der Waals surface area contributed by atoms with E-state index < -0.39 is 0 Å². The van der Waals surface area contributed by atoms with E-state index in [4.69, 9.17) is 4.74 Å². The van der Waals surface area contributed by atoms with Gasteiger partial charge in [-0.2, -0.15) is 0 Å². The zero-order valence-corrected chi connectivity index (χ0v) is 12.3. The van der Waals surface area contributed by atoms with Gasteiger partial charge in [0.25, 0.3) is 5.91 Å². The molecule has 0 fully saturated rings. The molecule has 0 saturated carbocycles. The van der Waals surface area contributed by atoms with Crippen LogP contribution in [0.5, 0.6) is 0 Å². The van der Waals surface area contributed by atoms with Crippen LogP contribution in [0.1, 0.15) is 30.6 Å². The Balaban J connectivity index is 1.97. The van der Waals surface area contributed by atoms with E-state index in [-0.39, 0.29) is 11.3 Å². The molecule has 1 amide bonds. The number of aromatic nitrogens is 1. The van der Waals surface area contributed by atoms with Crippen molar-refractivity contribution in [2.45, 2.75) is 20.3 Å². The summed E-state index contributed by atoms with van der Waals surface area (Å²) in [6.45, 7) is 5.59. The van der Waals surface area contributed by atoms with Gasteiger partial charge in [-0.3, -0.25) is 4.79 Å². The fraction of sp³-hybridized carbons (Fsp3) is 0.438. The van der Waals surface area contributed by atoms with Gasteiger partial charge in [-0.15, -0.1) is 0 Å². The predicted octanol–water partition coefficient (Wildman–Crippen LogP) is 2.96. The fourth-order valence-corrected chi connectivity index (χ4v) is 2.08. The number of hydrogen-bond donors (Lipinski definition) is 2. The van der Waals surface area contributed by atoms with Crippen LogP contribution in [0.25, 0.3) is 10.9 Å². The number of hydrogen-bond acceptors (Lipinski definition) is 2. The van der Waals surface area contributed by atoms with Gasteiger partial charge in [-0.05, 0) is 35.4 Å². The van der Waals surface area contributed by atoms with E-state index in [1.807, 2.05) is 30.5 Å². The second kappa shape index (κ2) is 6.09. The Morgan fingerprint density at radius 3 is 2.90 bits per heavy atom. The molecular formula is C16H22N2O2. The molecule has 0 aliphatic rings. The molecule has 0 bridgehead atoms. The van der Waals surface area contributed by atoms with Crippen LogP contribution in [0.2, 0.25) is 0 Å². The number of H-pyrrole nitrogens is 1. The summed E-state index contributed by atoms with van der Waals surface area (Å²) in [5, 5.41) is 4.11. The molecule has 0 spiro atoms. The number of benzene rings is 1. The number of aromatic amines is 1. The lowest BCUT2D eigenvalue weighted by atomic mass is 9.89. The van der Waals surface area contributed by atoms with Crippen molar-refractivity contribution >= 4 is 16.8 Å². The van der Waals surface area contributed by atoms with E-state index in [0.29, 0.717) is 18.7 Å². The van der Waals surface area contributed by atoms with E-state index in [1.54, 1.807) is 7.11 Å². The number of nitrogens with one attached hydrogen (secondary N) is 2. The van der Waals surface area contributed by atoms with Crippen molar-refractivity contribution in [3.63, 3.8) is 0 Å². The molecule has 0 unspecified atom stereocenters. The molecule has 20 heavy (non-hydrogen) atoms. The molecule has 1 aromatic carbocycles. The number of amides is 1. The summed E-state index contributed by atoms with van der Waals surface area (Å²) in [7, 11) is 1.69. The lowest BCUT2D eigenvalue weighted by Crippen LogP contribution is -2.34. The highest BCUT2D eigenvalue weighted by molar-refractivity contribution is 5.97. The van der Waals surface area contributed by atoms with Gasteiger partial charge in [-0.1, -0.05) is 19.9 Å². The van der Waals surface area contributed by atoms with Gasteiger partial charge >= 0.3 is 0 Å². The Morgan fingerprint density at radius 2 is 2.15 bits per heavy atom. The first-order valence-electron chi connectivity index (χ1n) is 6.86. The lowest BCUT2D eigenvalue weighted by Gasteiger charge is -2.24. The molecule has 2 rings (SSSR count). The number of rotatable bonds is 6. The maximum absolute atomic E-state index is 12.2. The molecule has 0 aliphatic heterocycles. The molecule has 108 valence electrons. The Labute approximate surface area is 119 Å². The third-order valence-electron chi connectivity index (χ3n) is 3.53. The monoisotopic (exact) mass is 274 g/mol. The van der Waals surface area contributed by atoms with Crippen molar-refractivity contribution in [3.05, 3.63) is 36.0 Å². The van der Waals surface area contributed by atoms with Crippen LogP contribution in [-0.4, -0.2) is 31.2 Å². The van der Waals surface area contributed by atoms with Gasteiger partial charge in [0.1, 0.15) is 0 Å². The van der Waals surface area contributed by atoms with E-state index in [9.17, 15) is 4.79 Å². The first kappa shape index (κ1) is 14.6. The molecule has 2 aromatic rings. The second-order valence-electron chi connectivity index (χ2n) is 5.87. The van der Waals surface area contributed by atoms with Gasteiger partial charge < -0.3 is 15.0 Å². The third-order valence-corrected chi connectivity index (χ3v) is 3.53. The van der Waals surface area contributed by atoms with Gasteiger partial charge in [0.2, 0.25) is 0 Å². The Morgan fingerprint density at radius 1 is 1.35 bits per heavy atom. The van der Waals surface area contributed by atoms with Gasteiger partial charge in [-0.25, -0.2) is 0 Å². The van der Waals surface area contributed by atoms with Crippen LogP contribution < -0.4 is 5.32 Å². The summed E-state index contributed by atoms with van der Waals surface area (Å²) < 4.78 is 5.09. The van der Waals surface area contributed by atoms with Crippen LogP contribution in [-0.2, 0) is 4.74 Å². The highest BCUT2D eigenvalue weighted by atomic mass is 16.5. The highest BCUT2D eigenvalue weighted by Gasteiger charge is 2.19. The van der Waals surface area contributed by atoms with Crippen molar-refractivity contribution in [3.8, 4) is 0 Å². The van der Waals surface area contributed by atoms with Gasteiger partial charge in [0.15, 0.2) is 0 Å². The normalized spacial score (nSPS) is 11.8. The van der Waals surface area contributed by atoms with Gasteiger partial charge in [0.05, 0.1) is 0 Å². The number of carbonyl (C=O) groups is 1. The lowest BCUT2D eigenvalue weighted by molar-refractivity contribution is 0.0921. The number of carbonyl (C=O) groups excluding carboxylic acids is 1. The summed E-state index contributed by atoms with van der Waals surface area (Å²) in [4.78, 5) is 15.3. The zero-order valence-electron chi connectivity index (χ0n) is 12.3. The SMILES string of the molecule is COCCC(C)(C)CNC(=O)c1ccc2cc[nH]c2c1. The third kappa shape index (κ3) is 3.61. The number of fused-ring (bicyclic) bond motifs is 1. The van der Waals surface area contributed by atoms with Crippen LogP contribution in [0.4, 0.5) is 0 Å². The highest BCUT2D eigenvalue weighted by Crippen LogP contribution is 2.19. The van der Waals surface area contributed by atoms with Gasteiger partial charge in [0, 0.05) is 37.5 Å². The zero-order chi connectivity index (χ0) is 14.6. The second-order valence-corrected chi connectivity index (χ2v) is 5.87. The van der Waals surface area contributed by atoms with E-state index in [0.717, 1.165) is 17.3 Å². The minimum Gasteiger partial charge on any atom is -0.385 e. The van der Waals surface area contributed by atoms with Crippen LogP contribution in [0.15, 0.2) is 30.5 Å². The maximum Gasteiger partial charge on any atom is 0.251 e. The minimum absolute atomic E-state index is 0.0300. The Bertz CT molecular complexity index is 587. The molecule has 2 N–H and O–H groups in total. The topological polar surface area (TPSA) is 54.1 Å². The van der Waals surface area contributed by atoms with Crippen molar-refractivity contribution in [2.24, 2.45) is 5.41 Å². The van der Waals surface area contributed by atoms with Crippen LogP contribution >= 0.6 is 0 Å². The summed E-state index contributed by atoms with van der Waals surface area (Å²) in [5.74, 6) is -0.0352. The first-order valence-corrected chi connectivity index (χ1v) is 6.86. The maximum atomic E-state index is 12.2. The smallest absolute Gasteiger partial charge is 0.251 e. The Kier molecular flexibility index (Phi) is 4.45. The molecule has 1 heterocycles. The largest absolute Gasteiger partial charge is 0.385 e. The van der Waals surface area contributed by atoms with Crippen molar-refractivity contribution in [1.29, 1.82) is 0 Å². The quantitative estimate of drug-likeness (QED) is 0.851. The molecule has 0 radical (unpaired) electrons. The average molecular weight is 274 g/mol. The van der Waals surface area contributed by atoms with Crippen LogP contribution in [0, 0.1) is 5.41 Å². The van der Waals surface area contributed by atoms with Crippen molar-refractivity contribution in [2.75, 3.05) is 20.3 Å². The summed E-state index contributed by atoms with van der Waals surface area (Å²) in [6, 6.07) is 7.68. The number of ether oxygens (including phenoxy) is 1. The molecule has 0 atom stereocenters. The summed E-state index contributed by atoms with van der Waals surface area (Å²) in [5.41, 5.74) is 1.70. The molecule has 4 nitrogen and oxygen atoms in total. The first-order chi connectivity index (χ1) is 9.52. The average Bonchev–Trinajstić information content (AvgIpc) is 2.90. The molecular weight excluding hydrogens is 252 g/mol. The molecule has 4 heteroatoms. The van der Waals surface area contributed by atoms with E-state index >= 15 is 0 Å². The minimum atomic E-state index is -0.0352. The van der Waals surface area contributed by atoms with Crippen LogP contribution in [0.3, 0.4) is 0 Å². The summed E-state index contributed by atoms with van der Waals surface area (Å²) in [6.07, 6.45) is 2.79.